The Morgan fingerprint density at radius 2 is 1.82 bits per heavy atom. The van der Waals surface area contributed by atoms with Crippen LogP contribution in [-0.2, 0) is 16.1 Å². The largest absolute Gasteiger partial charge is 0.348 e. The summed E-state index contributed by atoms with van der Waals surface area (Å²) in [4.78, 5) is 23.9. The van der Waals surface area contributed by atoms with Gasteiger partial charge in [-0.05, 0) is 74.9 Å². The smallest absolute Gasteiger partial charge is 0.244 e. The molecule has 0 unspecified atom stereocenters. The summed E-state index contributed by atoms with van der Waals surface area (Å²) in [6.45, 7) is 4.70. The fourth-order valence-corrected chi connectivity index (χ4v) is 3.58. The van der Waals surface area contributed by atoms with E-state index in [1.54, 1.807) is 6.08 Å². The second-order valence-corrected chi connectivity index (χ2v) is 7.94. The van der Waals surface area contributed by atoms with Gasteiger partial charge in [-0.1, -0.05) is 12.1 Å². The maximum atomic E-state index is 12.2. The second-order valence-electron chi connectivity index (χ2n) is 7.94. The first-order chi connectivity index (χ1) is 13.5. The molecule has 0 bridgehead atoms. The van der Waals surface area contributed by atoms with Crippen molar-refractivity contribution in [1.29, 1.82) is 0 Å². The number of anilines is 1. The zero-order chi connectivity index (χ0) is 19.7. The Hall–Kier alpha value is -2.82. The number of carbonyl (C=O) groups is 2. The normalized spacial score (nSPS) is 16.4. The van der Waals surface area contributed by atoms with Crippen LogP contribution < -0.4 is 10.6 Å². The lowest BCUT2D eigenvalue weighted by molar-refractivity contribution is -0.117. The fraction of sp³-hybridized carbons (Fsp3) is 0.391. The Balaban J connectivity index is 1.29. The minimum Gasteiger partial charge on any atom is -0.348 e. The van der Waals surface area contributed by atoms with Crippen LogP contribution in [0.4, 0.5) is 5.69 Å². The third kappa shape index (κ3) is 4.35. The molecule has 2 saturated carbocycles. The van der Waals surface area contributed by atoms with E-state index >= 15 is 0 Å². The van der Waals surface area contributed by atoms with Crippen molar-refractivity contribution in [2.24, 2.45) is 5.92 Å². The molecule has 2 aromatic rings. The molecule has 1 aromatic carbocycles. The van der Waals surface area contributed by atoms with Gasteiger partial charge in [-0.2, -0.15) is 0 Å². The number of nitrogens with zero attached hydrogens (tertiary/aromatic N) is 1. The minimum atomic E-state index is -0.109. The van der Waals surface area contributed by atoms with E-state index in [0.717, 1.165) is 29.7 Å². The number of hydrogen-bond donors (Lipinski definition) is 2. The lowest BCUT2D eigenvalue weighted by Crippen LogP contribution is -2.20. The molecule has 0 spiro atoms. The van der Waals surface area contributed by atoms with Gasteiger partial charge in [0.25, 0.3) is 0 Å². The average molecular weight is 377 g/mol. The van der Waals surface area contributed by atoms with Crippen molar-refractivity contribution in [3.63, 3.8) is 0 Å². The maximum Gasteiger partial charge on any atom is 0.244 e. The standard InChI is InChI=1S/C23H27N3O2/c1-15-13-19(16(2)26(15)21-10-11-21)7-12-22(27)24-14-17-3-8-20(9-4-17)25-23(28)18-5-6-18/h3-4,7-9,12-13,18,21H,5-6,10-11,14H2,1-2H3,(H,24,27)(H,25,28)/b12-7+. The topological polar surface area (TPSA) is 63.1 Å². The zero-order valence-corrected chi connectivity index (χ0v) is 16.5. The number of nitrogens with one attached hydrogen (secondary N) is 2. The molecule has 4 rings (SSSR count). The highest BCUT2D eigenvalue weighted by Crippen LogP contribution is 2.38. The van der Waals surface area contributed by atoms with Crippen molar-refractivity contribution in [1.82, 2.24) is 9.88 Å². The van der Waals surface area contributed by atoms with E-state index in [0.29, 0.717) is 12.6 Å². The summed E-state index contributed by atoms with van der Waals surface area (Å²) in [5.41, 5.74) is 5.40. The molecule has 0 radical (unpaired) electrons. The fourth-order valence-electron chi connectivity index (χ4n) is 3.58. The zero-order valence-electron chi connectivity index (χ0n) is 16.5. The molecule has 1 heterocycles. The molecule has 5 nitrogen and oxygen atoms in total. The van der Waals surface area contributed by atoms with E-state index in [4.69, 9.17) is 0 Å². The van der Waals surface area contributed by atoms with Crippen molar-refractivity contribution in [3.8, 4) is 0 Å². The van der Waals surface area contributed by atoms with Crippen LogP contribution in [0, 0.1) is 19.8 Å². The summed E-state index contributed by atoms with van der Waals surface area (Å²) < 4.78 is 2.38. The quantitative estimate of drug-likeness (QED) is 0.713. The predicted octanol–water partition coefficient (Wildman–Crippen LogP) is 4.12. The van der Waals surface area contributed by atoms with Crippen LogP contribution in [0.2, 0.25) is 0 Å². The number of aryl methyl sites for hydroxylation is 1. The Morgan fingerprint density at radius 1 is 1.11 bits per heavy atom. The molecule has 2 aliphatic rings. The van der Waals surface area contributed by atoms with Crippen LogP contribution in [0.1, 0.15) is 54.2 Å². The lowest BCUT2D eigenvalue weighted by atomic mass is 10.2. The number of amides is 2. The van der Waals surface area contributed by atoms with Gasteiger partial charge in [0.05, 0.1) is 0 Å². The van der Waals surface area contributed by atoms with Crippen LogP contribution in [0.15, 0.2) is 36.4 Å². The molecule has 2 amide bonds. The Morgan fingerprint density at radius 3 is 2.46 bits per heavy atom. The first-order valence-electron chi connectivity index (χ1n) is 10.1. The number of aromatic nitrogens is 1. The van der Waals surface area contributed by atoms with Gasteiger partial charge >= 0.3 is 0 Å². The first-order valence-corrected chi connectivity index (χ1v) is 10.1. The summed E-state index contributed by atoms with van der Waals surface area (Å²) in [6, 6.07) is 10.4. The van der Waals surface area contributed by atoms with Crippen molar-refractivity contribution < 1.29 is 9.59 Å². The van der Waals surface area contributed by atoms with Crippen molar-refractivity contribution in [3.05, 3.63) is 58.9 Å². The highest BCUT2D eigenvalue weighted by molar-refractivity contribution is 5.94. The maximum absolute atomic E-state index is 12.2. The monoisotopic (exact) mass is 377 g/mol. The van der Waals surface area contributed by atoms with E-state index < -0.39 is 0 Å². The molecule has 2 fully saturated rings. The average Bonchev–Trinajstić information content (AvgIpc) is 3.58. The van der Waals surface area contributed by atoms with E-state index in [-0.39, 0.29) is 17.7 Å². The van der Waals surface area contributed by atoms with Crippen LogP contribution in [0.3, 0.4) is 0 Å². The van der Waals surface area contributed by atoms with Crippen LogP contribution in [0.5, 0.6) is 0 Å². The Labute approximate surface area is 165 Å². The molecule has 0 atom stereocenters. The number of rotatable bonds is 7. The van der Waals surface area contributed by atoms with Crippen LogP contribution in [-0.4, -0.2) is 16.4 Å². The summed E-state index contributed by atoms with van der Waals surface area (Å²) in [6.07, 6.45) is 7.99. The van der Waals surface area contributed by atoms with Crippen LogP contribution >= 0.6 is 0 Å². The van der Waals surface area contributed by atoms with Gasteiger partial charge in [0.15, 0.2) is 0 Å². The highest BCUT2D eigenvalue weighted by atomic mass is 16.2. The molecule has 0 aliphatic heterocycles. The van der Waals surface area contributed by atoms with E-state index in [9.17, 15) is 9.59 Å². The Kier molecular flexibility index (Phi) is 5.07. The van der Waals surface area contributed by atoms with Crippen LogP contribution in [0.25, 0.3) is 6.08 Å². The summed E-state index contributed by atoms with van der Waals surface area (Å²) in [5.74, 6) is 0.189. The molecule has 28 heavy (non-hydrogen) atoms. The predicted molar refractivity (Wildman–Crippen MR) is 111 cm³/mol. The molecule has 5 heteroatoms. The van der Waals surface area contributed by atoms with E-state index in [1.165, 1.54) is 24.2 Å². The van der Waals surface area contributed by atoms with Gasteiger partial charge in [0.2, 0.25) is 11.8 Å². The molecule has 1 aromatic heterocycles. The molecular weight excluding hydrogens is 350 g/mol. The number of hydrogen-bond acceptors (Lipinski definition) is 2. The third-order valence-electron chi connectivity index (χ3n) is 5.49. The third-order valence-corrected chi connectivity index (χ3v) is 5.49. The highest BCUT2D eigenvalue weighted by Gasteiger charge is 2.29. The lowest BCUT2D eigenvalue weighted by Gasteiger charge is -2.07. The van der Waals surface area contributed by atoms with Gasteiger partial charge in [-0.25, -0.2) is 0 Å². The molecule has 2 N–H and O–H groups in total. The Bertz CT molecular complexity index is 916. The van der Waals surface area contributed by atoms with Crippen molar-refractivity contribution >= 4 is 23.6 Å². The summed E-state index contributed by atoms with van der Waals surface area (Å²) >= 11 is 0. The van der Waals surface area contributed by atoms with E-state index in [2.05, 4.69) is 35.1 Å². The van der Waals surface area contributed by atoms with Gasteiger partial charge in [-0.15, -0.1) is 0 Å². The molecular formula is C23H27N3O2. The van der Waals surface area contributed by atoms with Gasteiger partial charge < -0.3 is 15.2 Å². The van der Waals surface area contributed by atoms with Gasteiger partial charge in [0, 0.05) is 41.7 Å². The van der Waals surface area contributed by atoms with Gasteiger partial charge in [0.1, 0.15) is 0 Å². The number of benzene rings is 1. The molecule has 2 aliphatic carbocycles. The summed E-state index contributed by atoms with van der Waals surface area (Å²) in [7, 11) is 0. The summed E-state index contributed by atoms with van der Waals surface area (Å²) in [5, 5.41) is 5.83. The van der Waals surface area contributed by atoms with Crippen molar-refractivity contribution in [2.45, 2.75) is 52.1 Å². The van der Waals surface area contributed by atoms with E-state index in [1.807, 2.05) is 30.3 Å². The van der Waals surface area contributed by atoms with Gasteiger partial charge in [-0.3, -0.25) is 9.59 Å². The minimum absolute atomic E-state index is 0.104. The second kappa shape index (κ2) is 7.66. The van der Waals surface area contributed by atoms with Crippen molar-refractivity contribution in [2.75, 3.05) is 5.32 Å². The molecule has 146 valence electrons. The first kappa shape index (κ1) is 18.5. The SMILES string of the molecule is Cc1cc(/C=C/C(=O)NCc2ccc(NC(=O)C3CC3)cc2)c(C)n1C1CC1. The molecule has 0 saturated heterocycles. The number of carbonyl (C=O) groups excluding carboxylic acids is 2.